The molecule has 0 saturated carbocycles. The number of hydrogen-bond acceptors (Lipinski definition) is 4. The van der Waals surface area contributed by atoms with Crippen LogP contribution in [-0.4, -0.2) is 23.0 Å². The Morgan fingerprint density at radius 3 is 2.53 bits per heavy atom. The van der Waals surface area contributed by atoms with E-state index in [0.717, 1.165) is 37.0 Å². The topological polar surface area (TPSA) is 83.2 Å². The van der Waals surface area contributed by atoms with Crippen molar-refractivity contribution in [1.29, 1.82) is 0 Å². The van der Waals surface area contributed by atoms with Crippen LogP contribution >= 0.6 is 11.3 Å². The van der Waals surface area contributed by atoms with Crippen LogP contribution in [0.1, 0.15) is 29.0 Å². The van der Waals surface area contributed by atoms with Crippen LogP contribution in [0.3, 0.4) is 0 Å². The molecule has 0 aliphatic heterocycles. The zero-order valence-electron chi connectivity index (χ0n) is 19.9. The van der Waals surface area contributed by atoms with Crippen LogP contribution in [0.25, 0.3) is 21.0 Å². The van der Waals surface area contributed by atoms with Gasteiger partial charge in [0.25, 0.3) is 0 Å². The van der Waals surface area contributed by atoms with Crippen molar-refractivity contribution in [3.63, 3.8) is 0 Å². The van der Waals surface area contributed by atoms with Gasteiger partial charge in [0.2, 0.25) is 5.91 Å². The first-order chi connectivity index (χ1) is 17.6. The summed E-state index contributed by atoms with van der Waals surface area (Å²) in [5, 5.41) is 7.97. The number of amides is 2. The van der Waals surface area contributed by atoms with Gasteiger partial charge in [0.15, 0.2) is 0 Å². The Morgan fingerprint density at radius 2 is 1.69 bits per heavy atom. The molecule has 182 valence electrons. The van der Waals surface area contributed by atoms with Crippen molar-refractivity contribution in [2.24, 2.45) is 0 Å². The summed E-state index contributed by atoms with van der Waals surface area (Å²) in [6.45, 7) is 2.07. The number of thiophene rings is 1. The normalized spacial score (nSPS) is 12.8. The number of para-hydroxylation sites is 1. The maximum atomic E-state index is 13.3. The Morgan fingerprint density at radius 1 is 0.944 bits per heavy atom. The van der Waals surface area contributed by atoms with E-state index in [1.807, 2.05) is 98.0 Å². The number of fused-ring (bicyclic) bond motifs is 2. The van der Waals surface area contributed by atoms with Crippen molar-refractivity contribution >= 4 is 44.3 Å². The van der Waals surface area contributed by atoms with Crippen LogP contribution in [0, 0.1) is 0 Å². The fourth-order valence-corrected chi connectivity index (χ4v) is 5.27. The second-order valence-corrected chi connectivity index (χ2v) is 9.90. The highest BCUT2D eigenvalue weighted by atomic mass is 32.1. The Labute approximate surface area is 213 Å². The summed E-state index contributed by atoms with van der Waals surface area (Å²) in [5.74, 6) is -0.268. The average Bonchev–Trinajstić information content (AvgIpc) is 3.51. The number of hydrogen-bond donors (Lipinski definition) is 3. The van der Waals surface area contributed by atoms with Crippen LogP contribution in [0.15, 0.2) is 91.1 Å². The lowest BCUT2D eigenvalue weighted by molar-refractivity contribution is -0.123. The quantitative estimate of drug-likeness (QED) is 0.242. The van der Waals surface area contributed by atoms with Gasteiger partial charge in [0.05, 0.1) is 6.04 Å². The number of carbonyl (C=O) groups excluding carboxylic acids is 2. The molecule has 0 fully saturated rings. The number of H-pyrrole nitrogens is 1. The number of aromatic amines is 1. The predicted molar refractivity (Wildman–Crippen MR) is 144 cm³/mol. The molecule has 3 aromatic carbocycles. The Kier molecular flexibility index (Phi) is 7.00. The van der Waals surface area contributed by atoms with E-state index in [0.29, 0.717) is 6.42 Å². The second kappa shape index (κ2) is 10.7. The van der Waals surface area contributed by atoms with Crippen molar-refractivity contribution in [2.45, 2.75) is 32.0 Å². The minimum atomic E-state index is -0.801. The summed E-state index contributed by atoms with van der Waals surface area (Å²) < 4.78 is 6.65. The molecule has 6 nitrogen and oxygen atoms in total. The molecule has 0 radical (unpaired) electrons. The van der Waals surface area contributed by atoms with Gasteiger partial charge in [-0.15, -0.1) is 11.3 Å². The molecule has 0 spiro atoms. The third-order valence-corrected chi connectivity index (χ3v) is 7.28. The summed E-state index contributed by atoms with van der Waals surface area (Å²) in [7, 11) is 0. The lowest BCUT2D eigenvalue weighted by atomic mass is 10.0. The van der Waals surface area contributed by atoms with Gasteiger partial charge in [0.1, 0.15) is 12.6 Å². The summed E-state index contributed by atoms with van der Waals surface area (Å²) in [6.07, 6.45) is 1.59. The maximum absolute atomic E-state index is 13.3. The minimum absolute atomic E-state index is 0.146. The third-order valence-electron chi connectivity index (χ3n) is 6.19. The van der Waals surface area contributed by atoms with Crippen molar-refractivity contribution in [3.8, 4) is 0 Å². The molecule has 2 aromatic heterocycles. The van der Waals surface area contributed by atoms with E-state index in [1.165, 1.54) is 0 Å². The molecule has 0 aliphatic rings. The number of aromatic nitrogens is 1. The van der Waals surface area contributed by atoms with Gasteiger partial charge < -0.3 is 20.4 Å². The maximum Gasteiger partial charge on any atom is 0.408 e. The number of alkyl carbamates (subject to hydrolysis) is 1. The fraction of sp³-hybridized carbons (Fsp3) is 0.172. The molecule has 7 heteroatoms. The molecule has 0 saturated heterocycles. The Balaban J connectivity index is 1.30. The van der Waals surface area contributed by atoms with Crippen molar-refractivity contribution in [1.82, 2.24) is 15.6 Å². The standard InChI is InChI=1S/C29H27N3O3S/c1-19(20-9-3-2-4-10-20)31-28(33)26(16-22-17-30-25-13-7-6-12-24(22)25)32-29(34)35-18-23-15-21-11-5-8-14-27(21)36-23/h2-15,17,19,26,30H,16,18H2,1H3,(H,31,33)(H,32,34)/t19-,26+/m0/s1. The highest BCUT2D eigenvalue weighted by Crippen LogP contribution is 2.26. The van der Waals surface area contributed by atoms with Gasteiger partial charge in [-0.05, 0) is 41.6 Å². The molecule has 0 unspecified atom stereocenters. The second-order valence-electron chi connectivity index (χ2n) is 8.73. The van der Waals surface area contributed by atoms with E-state index < -0.39 is 12.1 Å². The molecule has 36 heavy (non-hydrogen) atoms. The molecule has 2 heterocycles. The lowest BCUT2D eigenvalue weighted by Gasteiger charge is -2.21. The average molecular weight is 498 g/mol. The molecule has 2 atom stereocenters. The van der Waals surface area contributed by atoms with Crippen LogP contribution in [0.5, 0.6) is 0 Å². The number of nitrogens with one attached hydrogen (secondary N) is 3. The molecule has 0 aliphatic carbocycles. The van der Waals surface area contributed by atoms with E-state index in [2.05, 4.69) is 15.6 Å². The zero-order chi connectivity index (χ0) is 24.9. The van der Waals surface area contributed by atoms with Crippen LogP contribution < -0.4 is 10.6 Å². The molecule has 2 amide bonds. The monoisotopic (exact) mass is 497 g/mol. The van der Waals surface area contributed by atoms with Gasteiger partial charge in [-0.3, -0.25) is 4.79 Å². The predicted octanol–water partition coefficient (Wildman–Crippen LogP) is 6.10. The summed E-state index contributed by atoms with van der Waals surface area (Å²) in [6, 6.07) is 26.7. The zero-order valence-corrected chi connectivity index (χ0v) is 20.7. The number of rotatable bonds is 8. The van der Waals surface area contributed by atoms with E-state index in [-0.39, 0.29) is 18.6 Å². The van der Waals surface area contributed by atoms with E-state index in [4.69, 9.17) is 4.74 Å². The number of ether oxygens (including phenoxy) is 1. The third kappa shape index (κ3) is 5.42. The summed E-state index contributed by atoms with van der Waals surface area (Å²) in [4.78, 5) is 30.3. The first-order valence-corrected chi connectivity index (χ1v) is 12.7. The van der Waals surface area contributed by atoms with Crippen molar-refractivity contribution in [3.05, 3.63) is 107 Å². The van der Waals surface area contributed by atoms with E-state index in [1.54, 1.807) is 11.3 Å². The van der Waals surface area contributed by atoms with Crippen molar-refractivity contribution < 1.29 is 14.3 Å². The van der Waals surface area contributed by atoms with Gasteiger partial charge in [-0.1, -0.05) is 66.7 Å². The first-order valence-electron chi connectivity index (χ1n) is 11.9. The van der Waals surface area contributed by atoms with E-state index >= 15 is 0 Å². The highest BCUT2D eigenvalue weighted by Gasteiger charge is 2.25. The Bertz CT molecular complexity index is 1460. The number of carbonyl (C=O) groups is 2. The molecule has 5 aromatic rings. The van der Waals surface area contributed by atoms with Gasteiger partial charge >= 0.3 is 6.09 Å². The Hall–Kier alpha value is -4.10. The van der Waals surface area contributed by atoms with Crippen LogP contribution in [-0.2, 0) is 22.6 Å². The molecule has 3 N–H and O–H groups in total. The summed E-state index contributed by atoms with van der Waals surface area (Å²) >= 11 is 1.59. The highest BCUT2D eigenvalue weighted by molar-refractivity contribution is 7.19. The van der Waals surface area contributed by atoms with E-state index in [9.17, 15) is 9.59 Å². The summed E-state index contributed by atoms with van der Waals surface area (Å²) in [5.41, 5.74) is 2.92. The lowest BCUT2D eigenvalue weighted by Crippen LogP contribution is -2.48. The van der Waals surface area contributed by atoms with Gasteiger partial charge in [-0.25, -0.2) is 4.79 Å². The first kappa shape index (κ1) is 23.6. The molecule has 5 rings (SSSR count). The van der Waals surface area contributed by atoms with Gasteiger partial charge in [-0.2, -0.15) is 0 Å². The molecule has 0 bridgehead atoms. The fourth-order valence-electron chi connectivity index (χ4n) is 4.30. The van der Waals surface area contributed by atoms with Crippen LogP contribution in [0.2, 0.25) is 0 Å². The molecular weight excluding hydrogens is 470 g/mol. The largest absolute Gasteiger partial charge is 0.444 e. The number of benzene rings is 3. The molecular formula is C29H27N3O3S. The van der Waals surface area contributed by atoms with Crippen molar-refractivity contribution in [2.75, 3.05) is 0 Å². The SMILES string of the molecule is C[C@H](NC(=O)[C@@H](Cc1c[nH]c2ccccc12)NC(=O)OCc1cc2ccccc2s1)c1ccccc1. The van der Waals surface area contributed by atoms with Gasteiger partial charge in [0, 0.05) is 33.1 Å². The smallest absolute Gasteiger partial charge is 0.408 e. The minimum Gasteiger partial charge on any atom is -0.444 e. The van der Waals surface area contributed by atoms with Crippen LogP contribution in [0.4, 0.5) is 4.79 Å².